The van der Waals surface area contributed by atoms with Crippen molar-refractivity contribution in [2.75, 3.05) is 0 Å². The fraction of sp³-hybridized carbons (Fsp3) is 0.217. The molecule has 2 aromatic rings. The van der Waals surface area contributed by atoms with Gasteiger partial charge < -0.3 is 0 Å². The molecule has 1 heteroatoms. The zero-order chi connectivity index (χ0) is 16.5. The van der Waals surface area contributed by atoms with E-state index in [1.807, 2.05) is 0 Å². The molecule has 0 aromatic heterocycles. The van der Waals surface area contributed by atoms with Gasteiger partial charge in [-0.05, 0) is 58.4 Å². The zero-order valence-electron chi connectivity index (χ0n) is 13.9. The van der Waals surface area contributed by atoms with Crippen molar-refractivity contribution in [3.05, 3.63) is 87.4 Å². The van der Waals surface area contributed by atoms with Gasteiger partial charge in [0.25, 0.3) is 0 Å². The van der Waals surface area contributed by atoms with E-state index < -0.39 is 0 Å². The van der Waals surface area contributed by atoms with Crippen LogP contribution >= 0.6 is 15.9 Å². The predicted molar refractivity (Wildman–Crippen MR) is 108 cm³/mol. The average molecular weight is 377 g/mol. The molecule has 2 aliphatic rings. The highest BCUT2D eigenvalue weighted by atomic mass is 79.9. The van der Waals surface area contributed by atoms with Crippen LogP contribution in [0, 0.1) is 0 Å². The van der Waals surface area contributed by atoms with Gasteiger partial charge in [0.2, 0.25) is 0 Å². The van der Waals surface area contributed by atoms with Crippen LogP contribution in [-0.2, 0) is 0 Å². The van der Waals surface area contributed by atoms with Crippen LogP contribution in [-0.4, -0.2) is 0 Å². The van der Waals surface area contributed by atoms with Crippen molar-refractivity contribution < 1.29 is 0 Å². The second-order valence-electron chi connectivity index (χ2n) is 6.61. The first-order chi connectivity index (χ1) is 11.8. The summed E-state index contributed by atoms with van der Waals surface area (Å²) in [6.45, 7) is 2.26. The minimum Gasteiger partial charge on any atom is -0.0764 e. The fourth-order valence-corrected chi connectivity index (χ4v) is 4.30. The lowest BCUT2D eigenvalue weighted by molar-refractivity contribution is 0.725. The number of hydrogen-bond acceptors (Lipinski definition) is 0. The van der Waals surface area contributed by atoms with Gasteiger partial charge in [-0.3, -0.25) is 0 Å². The lowest BCUT2D eigenvalue weighted by atomic mass is 9.94. The molecule has 24 heavy (non-hydrogen) atoms. The number of allylic oxidation sites excluding steroid dienone is 5. The summed E-state index contributed by atoms with van der Waals surface area (Å²) in [5.74, 6) is 0.614. The van der Waals surface area contributed by atoms with Gasteiger partial charge in [-0.1, -0.05) is 83.9 Å². The SMILES string of the molecule is CCCC1C=Cc2cc(C3=CCC(c4ccccc4Br)=C3)ccc21. The fourth-order valence-electron chi connectivity index (χ4n) is 3.76. The van der Waals surface area contributed by atoms with Gasteiger partial charge >= 0.3 is 0 Å². The molecule has 0 N–H and O–H groups in total. The molecule has 0 amide bonds. The molecule has 0 bridgehead atoms. The van der Waals surface area contributed by atoms with Crippen LogP contribution in [0.25, 0.3) is 17.2 Å². The van der Waals surface area contributed by atoms with E-state index in [0.29, 0.717) is 5.92 Å². The summed E-state index contributed by atoms with van der Waals surface area (Å²) in [5, 5.41) is 0. The van der Waals surface area contributed by atoms with Gasteiger partial charge in [-0.2, -0.15) is 0 Å². The molecule has 0 fully saturated rings. The van der Waals surface area contributed by atoms with E-state index in [1.165, 1.54) is 50.7 Å². The summed E-state index contributed by atoms with van der Waals surface area (Å²) < 4.78 is 1.17. The van der Waals surface area contributed by atoms with E-state index in [2.05, 4.69) is 89.6 Å². The van der Waals surface area contributed by atoms with Crippen molar-refractivity contribution in [2.45, 2.75) is 32.1 Å². The molecule has 1 unspecified atom stereocenters. The number of fused-ring (bicyclic) bond motifs is 1. The Kier molecular flexibility index (Phi) is 4.28. The third-order valence-electron chi connectivity index (χ3n) is 5.02. The zero-order valence-corrected chi connectivity index (χ0v) is 15.5. The minimum atomic E-state index is 0.614. The monoisotopic (exact) mass is 376 g/mol. The second kappa shape index (κ2) is 6.57. The smallest absolute Gasteiger partial charge is 0.0250 e. The first-order valence-corrected chi connectivity index (χ1v) is 9.53. The molecule has 0 radical (unpaired) electrons. The molecule has 0 spiro atoms. The standard InChI is InChI=1S/C23H21Br/c1-2-5-16-8-10-19-14-18(12-13-21(16)19)17-9-11-20(15-17)22-6-3-4-7-23(22)24/h3-4,6-10,12-16H,2,5,11H2,1H3. The highest BCUT2D eigenvalue weighted by Crippen LogP contribution is 2.38. The van der Waals surface area contributed by atoms with E-state index in [1.54, 1.807) is 0 Å². The number of benzene rings is 2. The Bertz CT molecular complexity index is 867. The van der Waals surface area contributed by atoms with Gasteiger partial charge in [-0.15, -0.1) is 0 Å². The summed E-state index contributed by atoms with van der Waals surface area (Å²) in [7, 11) is 0. The quantitative estimate of drug-likeness (QED) is 0.527. The van der Waals surface area contributed by atoms with Gasteiger partial charge in [0, 0.05) is 10.4 Å². The topological polar surface area (TPSA) is 0 Å². The van der Waals surface area contributed by atoms with Gasteiger partial charge in [0.1, 0.15) is 0 Å². The Hall–Kier alpha value is -1.86. The van der Waals surface area contributed by atoms with Crippen LogP contribution in [0.1, 0.15) is 54.4 Å². The molecule has 2 aromatic carbocycles. The molecule has 0 nitrogen and oxygen atoms in total. The molecule has 0 heterocycles. The third-order valence-corrected chi connectivity index (χ3v) is 5.71. The van der Waals surface area contributed by atoms with E-state index >= 15 is 0 Å². The minimum absolute atomic E-state index is 0.614. The van der Waals surface area contributed by atoms with Crippen molar-refractivity contribution in [3.8, 4) is 0 Å². The van der Waals surface area contributed by atoms with Gasteiger partial charge in [-0.25, -0.2) is 0 Å². The van der Waals surface area contributed by atoms with E-state index in [-0.39, 0.29) is 0 Å². The second-order valence-corrected chi connectivity index (χ2v) is 7.47. The Morgan fingerprint density at radius 1 is 1.12 bits per heavy atom. The van der Waals surface area contributed by atoms with Crippen molar-refractivity contribution in [3.63, 3.8) is 0 Å². The maximum atomic E-state index is 3.67. The average Bonchev–Trinajstić information content (AvgIpc) is 3.23. The first kappa shape index (κ1) is 15.7. The van der Waals surface area contributed by atoms with E-state index in [9.17, 15) is 0 Å². The Morgan fingerprint density at radius 3 is 2.83 bits per heavy atom. The maximum Gasteiger partial charge on any atom is 0.0250 e. The summed E-state index contributed by atoms with van der Waals surface area (Å²) in [4.78, 5) is 0. The molecular weight excluding hydrogens is 356 g/mol. The molecule has 1 atom stereocenters. The Balaban J connectivity index is 1.62. The van der Waals surface area contributed by atoms with Crippen LogP contribution in [0.5, 0.6) is 0 Å². The van der Waals surface area contributed by atoms with Crippen LogP contribution in [0.2, 0.25) is 0 Å². The molecule has 4 rings (SSSR count). The van der Waals surface area contributed by atoms with Crippen LogP contribution in [0.3, 0.4) is 0 Å². The van der Waals surface area contributed by atoms with Gasteiger partial charge in [0.05, 0.1) is 0 Å². The highest BCUT2D eigenvalue weighted by molar-refractivity contribution is 9.10. The Morgan fingerprint density at radius 2 is 2.00 bits per heavy atom. The number of rotatable bonds is 4. The van der Waals surface area contributed by atoms with Crippen LogP contribution in [0.15, 0.2) is 65.2 Å². The lowest BCUT2D eigenvalue weighted by Gasteiger charge is -2.11. The first-order valence-electron chi connectivity index (χ1n) is 8.74. The van der Waals surface area contributed by atoms with Crippen LogP contribution < -0.4 is 0 Å². The highest BCUT2D eigenvalue weighted by Gasteiger charge is 2.18. The molecule has 2 aliphatic carbocycles. The summed E-state index contributed by atoms with van der Waals surface area (Å²) >= 11 is 3.67. The van der Waals surface area contributed by atoms with Crippen molar-refractivity contribution in [2.24, 2.45) is 0 Å². The summed E-state index contributed by atoms with van der Waals surface area (Å²) in [6, 6.07) is 15.4. The van der Waals surface area contributed by atoms with Crippen LogP contribution in [0.4, 0.5) is 0 Å². The molecule has 120 valence electrons. The van der Waals surface area contributed by atoms with Crippen molar-refractivity contribution in [1.82, 2.24) is 0 Å². The molecule has 0 aliphatic heterocycles. The van der Waals surface area contributed by atoms with E-state index in [4.69, 9.17) is 0 Å². The summed E-state index contributed by atoms with van der Waals surface area (Å²) in [5.41, 5.74) is 8.25. The third kappa shape index (κ3) is 2.82. The normalized spacial score (nSPS) is 18.5. The summed E-state index contributed by atoms with van der Waals surface area (Å²) in [6.07, 6.45) is 12.8. The molecule has 0 saturated heterocycles. The number of hydrogen-bond donors (Lipinski definition) is 0. The number of halogens is 1. The molecule has 0 saturated carbocycles. The predicted octanol–water partition coefficient (Wildman–Crippen LogP) is 7.23. The van der Waals surface area contributed by atoms with Crippen molar-refractivity contribution >= 4 is 33.2 Å². The lowest BCUT2D eigenvalue weighted by Crippen LogP contribution is -1.93. The Labute approximate surface area is 152 Å². The van der Waals surface area contributed by atoms with E-state index in [0.717, 1.165) is 6.42 Å². The van der Waals surface area contributed by atoms with Crippen molar-refractivity contribution in [1.29, 1.82) is 0 Å². The molecular formula is C23H21Br. The van der Waals surface area contributed by atoms with Gasteiger partial charge in [0.15, 0.2) is 0 Å². The largest absolute Gasteiger partial charge is 0.0764 e. The maximum absolute atomic E-state index is 3.67.